The van der Waals surface area contributed by atoms with E-state index in [9.17, 15) is 18.7 Å². The van der Waals surface area contributed by atoms with Crippen molar-refractivity contribution in [3.05, 3.63) is 47.3 Å². The minimum Gasteiger partial charge on any atom is -0.494 e. The van der Waals surface area contributed by atoms with Crippen LogP contribution in [0.4, 0.5) is 8.78 Å². The van der Waals surface area contributed by atoms with Gasteiger partial charge in [0, 0.05) is 11.1 Å². The van der Waals surface area contributed by atoms with Crippen molar-refractivity contribution < 1.29 is 23.4 Å². The number of aromatic carboxylic acids is 1. The van der Waals surface area contributed by atoms with Crippen molar-refractivity contribution in [3.8, 4) is 22.9 Å². The van der Waals surface area contributed by atoms with Crippen molar-refractivity contribution in [2.45, 2.75) is 12.8 Å². The van der Waals surface area contributed by atoms with Gasteiger partial charge in [-0.05, 0) is 23.8 Å². The van der Waals surface area contributed by atoms with Gasteiger partial charge in [0.1, 0.15) is 11.4 Å². The first-order chi connectivity index (χ1) is 11.0. The molecule has 0 aliphatic heterocycles. The number of carbonyl (C=O) groups is 1. The summed E-state index contributed by atoms with van der Waals surface area (Å²) < 4.78 is 30.9. The lowest BCUT2D eigenvalue weighted by Gasteiger charge is -2.13. The first kappa shape index (κ1) is 16.4. The van der Waals surface area contributed by atoms with Crippen molar-refractivity contribution in [2.75, 3.05) is 7.11 Å². The Morgan fingerprint density at radius 1 is 1.39 bits per heavy atom. The number of carboxylic acids is 1. The quantitative estimate of drug-likeness (QED) is 0.912. The number of aromatic nitrogens is 1. The minimum atomic E-state index is -2.80. The summed E-state index contributed by atoms with van der Waals surface area (Å²) in [4.78, 5) is 15.0. The molecular formula is C16H12F2N2O3. The molecule has 0 unspecified atom stereocenters. The summed E-state index contributed by atoms with van der Waals surface area (Å²) in [5, 5.41) is 18.1. The number of alkyl halides is 2. The van der Waals surface area contributed by atoms with Gasteiger partial charge in [-0.25, -0.2) is 13.6 Å². The van der Waals surface area contributed by atoms with Gasteiger partial charge in [-0.1, -0.05) is 6.07 Å². The van der Waals surface area contributed by atoms with Crippen molar-refractivity contribution >= 4 is 5.97 Å². The van der Waals surface area contributed by atoms with E-state index in [1.165, 1.54) is 25.3 Å². The number of methoxy groups -OCH3 is 1. The van der Waals surface area contributed by atoms with Crippen LogP contribution in [0, 0.1) is 11.3 Å². The van der Waals surface area contributed by atoms with Crippen LogP contribution in [0.2, 0.25) is 0 Å². The number of ether oxygens (including phenoxy) is 1. The fourth-order valence-electron chi connectivity index (χ4n) is 2.15. The minimum absolute atomic E-state index is 0.0714. The Bertz CT molecular complexity index is 785. The van der Waals surface area contributed by atoms with Gasteiger partial charge in [-0.2, -0.15) is 5.26 Å². The van der Waals surface area contributed by atoms with Crippen LogP contribution < -0.4 is 4.74 Å². The maximum absolute atomic E-state index is 12.9. The van der Waals surface area contributed by atoms with Gasteiger partial charge in [0.15, 0.2) is 0 Å². The molecule has 1 N–H and O–H groups in total. The largest absolute Gasteiger partial charge is 0.494 e. The summed E-state index contributed by atoms with van der Waals surface area (Å²) in [7, 11) is 1.34. The van der Waals surface area contributed by atoms with Crippen LogP contribution in [0.1, 0.15) is 28.0 Å². The first-order valence-electron chi connectivity index (χ1n) is 6.53. The monoisotopic (exact) mass is 318 g/mol. The lowest BCUT2D eigenvalue weighted by molar-refractivity contribution is 0.0697. The molecule has 0 fully saturated rings. The van der Waals surface area contributed by atoms with Gasteiger partial charge in [0.05, 0.1) is 31.4 Å². The molecule has 2 rings (SSSR count). The van der Waals surface area contributed by atoms with Gasteiger partial charge in [-0.3, -0.25) is 4.98 Å². The molecule has 0 radical (unpaired) electrons. The number of nitriles is 1. The lowest BCUT2D eigenvalue weighted by Crippen LogP contribution is -2.03. The number of hydrogen-bond donors (Lipinski definition) is 1. The Morgan fingerprint density at radius 3 is 2.70 bits per heavy atom. The van der Waals surface area contributed by atoms with E-state index in [4.69, 9.17) is 10.00 Å². The predicted octanol–water partition coefficient (Wildman–Crippen LogP) is 3.46. The molecule has 0 amide bonds. The van der Waals surface area contributed by atoms with E-state index in [1.54, 1.807) is 0 Å². The molecule has 1 heterocycles. The number of pyridine rings is 1. The Hall–Kier alpha value is -3.01. The zero-order chi connectivity index (χ0) is 17.0. The molecule has 0 saturated heterocycles. The van der Waals surface area contributed by atoms with Crippen molar-refractivity contribution in [1.82, 2.24) is 4.98 Å². The molecule has 0 bridgehead atoms. The van der Waals surface area contributed by atoms with E-state index in [0.29, 0.717) is 5.56 Å². The number of carboxylic acid groups (broad SMARTS) is 1. The molecule has 0 atom stereocenters. The Morgan fingerprint density at radius 2 is 2.13 bits per heavy atom. The van der Waals surface area contributed by atoms with Gasteiger partial charge < -0.3 is 9.84 Å². The topological polar surface area (TPSA) is 83.2 Å². The molecule has 23 heavy (non-hydrogen) atoms. The Kier molecular flexibility index (Phi) is 4.86. The van der Waals surface area contributed by atoms with E-state index >= 15 is 0 Å². The Labute approximate surface area is 130 Å². The van der Waals surface area contributed by atoms with Crippen LogP contribution in [0.15, 0.2) is 30.5 Å². The number of hydrogen-bond acceptors (Lipinski definition) is 4. The first-order valence-corrected chi connectivity index (χ1v) is 6.53. The average molecular weight is 318 g/mol. The van der Waals surface area contributed by atoms with Crippen LogP contribution >= 0.6 is 0 Å². The highest BCUT2D eigenvalue weighted by Gasteiger charge is 2.19. The fourth-order valence-corrected chi connectivity index (χ4v) is 2.15. The predicted molar refractivity (Wildman–Crippen MR) is 77.5 cm³/mol. The highest BCUT2D eigenvalue weighted by atomic mass is 19.3. The molecule has 7 heteroatoms. The van der Waals surface area contributed by atoms with Crippen LogP contribution in [0.3, 0.4) is 0 Å². The summed E-state index contributed by atoms with van der Waals surface area (Å²) in [6, 6.07) is 7.39. The molecule has 0 aliphatic rings. The molecule has 118 valence electrons. The second-order valence-electron chi connectivity index (χ2n) is 4.63. The molecular weight excluding hydrogens is 306 g/mol. The molecule has 0 saturated carbocycles. The third kappa shape index (κ3) is 3.43. The zero-order valence-corrected chi connectivity index (χ0v) is 12.1. The fraction of sp³-hybridized carbons (Fsp3) is 0.188. The molecule has 2 aromatic rings. The molecule has 0 aliphatic carbocycles. The maximum Gasteiger partial charge on any atom is 0.336 e. The van der Waals surface area contributed by atoms with Crippen molar-refractivity contribution in [3.63, 3.8) is 0 Å². The second kappa shape index (κ2) is 6.83. The van der Waals surface area contributed by atoms with Crippen molar-refractivity contribution in [2.24, 2.45) is 0 Å². The summed E-state index contributed by atoms with van der Waals surface area (Å²) in [6.45, 7) is 0. The molecule has 0 spiro atoms. The second-order valence-corrected chi connectivity index (χ2v) is 4.63. The summed E-state index contributed by atoms with van der Waals surface area (Å²) in [6.07, 6.45) is -1.60. The number of nitrogens with zero attached hydrogens (tertiary/aromatic N) is 2. The van der Waals surface area contributed by atoms with E-state index in [0.717, 1.165) is 12.3 Å². The molecule has 1 aromatic heterocycles. The van der Waals surface area contributed by atoms with Gasteiger partial charge >= 0.3 is 5.97 Å². The highest BCUT2D eigenvalue weighted by Crippen LogP contribution is 2.35. The number of rotatable bonds is 5. The van der Waals surface area contributed by atoms with Crippen LogP contribution in [0.25, 0.3) is 11.1 Å². The zero-order valence-electron chi connectivity index (χ0n) is 12.1. The smallest absolute Gasteiger partial charge is 0.336 e. The van der Waals surface area contributed by atoms with E-state index in [2.05, 4.69) is 4.98 Å². The van der Waals surface area contributed by atoms with Crippen molar-refractivity contribution in [1.29, 1.82) is 5.26 Å². The van der Waals surface area contributed by atoms with Gasteiger partial charge in [-0.15, -0.1) is 0 Å². The van der Waals surface area contributed by atoms with Gasteiger partial charge in [0.2, 0.25) is 0 Å². The van der Waals surface area contributed by atoms with Gasteiger partial charge in [0.25, 0.3) is 6.43 Å². The summed E-state index contributed by atoms with van der Waals surface area (Å²) >= 11 is 0. The number of halogens is 2. The highest BCUT2D eigenvalue weighted by molar-refractivity contribution is 5.97. The normalized spacial score (nSPS) is 10.4. The summed E-state index contributed by atoms with van der Waals surface area (Å²) in [5.74, 6) is -1.04. The van der Waals surface area contributed by atoms with E-state index in [1.807, 2.05) is 6.07 Å². The SMILES string of the molecule is COc1cnc(C(F)F)cc1-c1cc(CC#N)ccc1C(=O)O. The van der Waals surface area contributed by atoms with E-state index in [-0.39, 0.29) is 28.9 Å². The molecule has 5 nitrogen and oxygen atoms in total. The van der Waals surface area contributed by atoms with Crippen LogP contribution in [-0.4, -0.2) is 23.2 Å². The third-order valence-electron chi connectivity index (χ3n) is 3.22. The van der Waals surface area contributed by atoms with Crippen LogP contribution in [-0.2, 0) is 6.42 Å². The lowest BCUT2D eigenvalue weighted by atomic mass is 9.96. The maximum atomic E-state index is 12.9. The molecule has 1 aromatic carbocycles. The summed E-state index contributed by atoms with van der Waals surface area (Å²) in [5.41, 5.74) is 0.408. The van der Waals surface area contributed by atoms with Crippen LogP contribution in [0.5, 0.6) is 5.75 Å². The Balaban J connectivity index is 2.72. The average Bonchev–Trinajstić information content (AvgIpc) is 2.54. The number of benzene rings is 1. The third-order valence-corrected chi connectivity index (χ3v) is 3.22. The van der Waals surface area contributed by atoms with E-state index < -0.39 is 18.1 Å². The standard InChI is InChI=1S/C16H12F2N2O3/c1-23-14-8-20-13(15(17)18)7-12(14)11-6-9(4-5-19)2-3-10(11)16(21)22/h2-3,6-8,15H,4H2,1H3,(H,21,22).